The normalized spacial score (nSPS) is 29.7. The second kappa shape index (κ2) is 9.22. The molecule has 0 radical (unpaired) electrons. The van der Waals surface area contributed by atoms with Crippen LogP contribution in [-0.2, 0) is 32.5 Å². The summed E-state index contributed by atoms with van der Waals surface area (Å²) in [6, 6.07) is 12.2. The number of ether oxygens (including phenoxy) is 1. The molecule has 5 rings (SSSR count). The molecule has 0 heterocycles. The number of aromatic hydroxyl groups is 1. The van der Waals surface area contributed by atoms with Gasteiger partial charge in [0.15, 0.2) is 0 Å². The van der Waals surface area contributed by atoms with Gasteiger partial charge in [-0.05, 0) is 97.2 Å². The van der Waals surface area contributed by atoms with Crippen LogP contribution < -0.4 is 10.5 Å². The molecule has 5 atom stereocenters. The number of benzene rings is 2. The van der Waals surface area contributed by atoms with E-state index in [-0.39, 0.29) is 28.9 Å². The lowest BCUT2D eigenvalue weighted by Crippen LogP contribution is -2.45. The fraction of sp³-hybridized carbons (Fsp3) is 0.519. The Hall–Kier alpha value is -2.42. The van der Waals surface area contributed by atoms with Crippen LogP contribution in [-0.4, -0.2) is 32.1 Å². The lowest BCUT2D eigenvalue weighted by atomic mass is 9.55. The molecule has 0 spiro atoms. The van der Waals surface area contributed by atoms with E-state index in [0.717, 1.165) is 44.1 Å². The van der Waals surface area contributed by atoms with Crippen LogP contribution >= 0.6 is 0 Å². The molecule has 0 aromatic heterocycles. The third kappa shape index (κ3) is 4.71. The van der Waals surface area contributed by atoms with Crippen molar-refractivity contribution in [3.05, 3.63) is 59.2 Å². The van der Waals surface area contributed by atoms with Gasteiger partial charge in [0.05, 0.1) is 11.4 Å². The van der Waals surface area contributed by atoms with Crippen LogP contribution in [0.1, 0.15) is 61.6 Å². The molecule has 35 heavy (non-hydrogen) atoms. The predicted octanol–water partition coefficient (Wildman–Crippen LogP) is 3.60. The number of phenolic OH excluding ortho intramolecular Hbond substituents is 1. The van der Waals surface area contributed by atoms with Crippen LogP contribution in [0.2, 0.25) is 0 Å². The van der Waals surface area contributed by atoms with Crippen molar-refractivity contribution in [3.63, 3.8) is 0 Å². The first-order chi connectivity index (χ1) is 16.6. The fourth-order valence-electron chi connectivity index (χ4n) is 7.06. The summed E-state index contributed by atoms with van der Waals surface area (Å²) >= 11 is 0. The number of phenols is 1. The molecule has 7 nitrogen and oxygen atoms in total. The summed E-state index contributed by atoms with van der Waals surface area (Å²) in [5.74, 6) is 1.74. The zero-order chi connectivity index (χ0) is 24.8. The fourth-order valence-corrected chi connectivity index (χ4v) is 7.64. The van der Waals surface area contributed by atoms with Crippen molar-refractivity contribution in [1.82, 2.24) is 5.32 Å². The van der Waals surface area contributed by atoms with E-state index in [1.165, 1.54) is 23.3 Å². The maximum Gasteiger partial charge on any atom is 0.320 e. The monoisotopic (exact) mass is 498 g/mol. The highest BCUT2D eigenvalue weighted by atomic mass is 32.2. The second-order valence-electron chi connectivity index (χ2n) is 10.7. The number of aryl methyl sites for hydroxylation is 1. The molecule has 2 fully saturated rings. The molecule has 3 aliphatic carbocycles. The van der Waals surface area contributed by atoms with Gasteiger partial charge in [-0.15, -0.1) is 0 Å². The molecule has 188 valence electrons. The van der Waals surface area contributed by atoms with Gasteiger partial charge in [0.25, 0.3) is 0 Å². The van der Waals surface area contributed by atoms with Gasteiger partial charge in [0, 0.05) is 12.0 Å². The molecule has 4 N–H and O–H groups in total. The van der Waals surface area contributed by atoms with Gasteiger partial charge in [0.2, 0.25) is 10.0 Å². The number of carbonyl (C=O) groups excluding carboxylic acids is 1. The third-order valence-electron chi connectivity index (χ3n) is 8.72. The van der Waals surface area contributed by atoms with E-state index >= 15 is 0 Å². The zero-order valence-corrected chi connectivity index (χ0v) is 20.9. The SMILES string of the molecule is C[C@]12CCC3c4ccc(O)cc4CCC3[C@@H]1CC[C@@H]2OC(=O)CNCc1cccc(S(N)(=O)=O)c1. The number of rotatable bonds is 6. The van der Waals surface area contributed by atoms with E-state index in [1.807, 2.05) is 12.1 Å². The Bertz CT molecular complexity index is 1230. The van der Waals surface area contributed by atoms with E-state index in [1.54, 1.807) is 12.1 Å². The summed E-state index contributed by atoms with van der Waals surface area (Å²) in [5, 5.41) is 18.1. The van der Waals surface area contributed by atoms with Gasteiger partial charge in [-0.3, -0.25) is 4.79 Å². The maximum absolute atomic E-state index is 12.7. The maximum atomic E-state index is 12.7. The summed E-state index contributed by atoms with van der Waals surface area (Å²) in [5.41, 5.74) is 3.42. The van der Waals surface area contributed by atoms with Gasteiger partial charge in [-0.25, -0.2) is 13.6 Å². The third-order valence-corrected chi connectivity index (χ3v) is 9.63. The molecule has 0 aliphatic heterocycles. The van der Waals surface area contributed by atoms with E-state index in [2.05, 4.69) is 18.3 Å². The molecule has 0 amide bonds. The first kappa shape index (κ1) is 24.3. The van der Waals surface area contributed by atoms with Gasteiger partial charge in [-0.1, -0.05) is 25.1 Å². The Kier molecular flexibility index (Phi) is 6.40. The van der Waals surface area contributed by atoms with Crippen LogP contribution in [0.15, 0.2) is 47.4 Å². The smallest absolute Gasteiger partial charge is 0.320 e. The Labute approximate surface area is 207 Å². The summed E-state index contributed by atoms with van der Waals surface area (Å²) in [6.07, 6.45) is 6.15. The number of hydrogen-bond donors (Lipinski definition) is 3. The van der Waals surface area contributed by atoms with E-state index in [4.69, 9.17) is 9.88 Å². The molecule has 2 saturated carbocycles. The molecular weight excluding hydrogens is 464 g/mol. The molecule has 0 bridgehead atoms. The average Bonchev–Trinajstić information content (AvgIpc) is 3.14. The molecule has 8 heteroatoms. The molecule has 0 saturated heterocycles. The highest BCUT2D eigenvalue weighted by molar-refractivity contribution is 7.89. The number of fused-ring (bicyclic) bond motifs is 5. The van der Waals surface area contributed by atoms with Crippen molar-refractivity contribution in [2.24, 2.45) is 22.4 Å². The number of nitrogens with one attached hydrogen (secondary N) is 1. The molecule has 2 unspecified atom stereocenters. The highest BCUT2D eigenvalue weighted by Gasteiger charge is 2.56. The first-order valence-corrected chi connectivity index (χ1v) is 14.0. The van der Waals surface area contributed by atoms with E-state index in [0.29, 0.717) is 30.0 Å². The number of hydrogen-bond acceptors (Lipinski definition) is 6. The summed E-state index contributed by atoms with van der Waals surface area (Å²) < 4.78 is 29.1. The van der Waals surface area contributed by atoms with E-state index in [9.17, 15) is 18.3 Å². The van der Waals surface area contributed by atoms with Gasteiger partial charge in [0.1, 0.15) is 11.9 Å². The summed E-state index contributed by atoms with van der Waals surface area (Å²) in [4.78, 5) is 12.7. The standard InChI is InChI=1S/C27H34N2O5S/c1-27-12-11-22-21-8-6-19(30)14-18(21)5-7-23(22)24(27)9-10-25(27)34-26(31)16-29-15-17-3-2-4-20(13-17)35(28,32)33/h2-4,6,8,13-14,22-25,29-30H,5,7,9-12,15-16H2,1H3,(H2,28,32,33)/t22?,23?,24-,25-,27-/m0/s1. The number of carbonyl (C=O) groups is 1. The van der Waals surface area contributed by atoms with Crippen LogP contribution in [0.4, 0.5) is 0 Å². The Morgan fingerprint density at radius 3 is 2.80 bits per heavy atom. The molecule has 2 aromatic carbocycles. The second-order valence-corrected chi connectivity index (χ2v) is 12.3. The lowest BCUT2D eigenvalue weighted by Gasteiger charge is -2.50. The van der Waals surface area contributed by atoms with Crippen LogP contribution in [0, 0.1) is 17.3 Å². The van der Waals surface area contributed by atoms with Crippen LogP contribution in [0.3, 0.4) is 0 Å². The highest BCUT2D eigenvalue weighted by Crippen LogP contribution is 2.61. The largest absolute Gasteiger partial charge is 0.508 e. The molecule has 3 aliphatic rings. The van der Waals surface area contributed by atoms with Crippen molar-refractivity contribution in [2.75, 3.05) is 6.54 Å². The molecular formula is C27H34N2O5S. The van der Waals surface area contributed by atoms with Crippen LogP contribution in [0.25, 0.3) is 0 Å². The number of esters is 1. The van der Waals surface area contributed by atoms with Crippen molar-refractivity contribution in [2.45, 2.75) is 68.9 Å². The lowest BCUT2D eigenvalue weighted by molar-refractivity contribution is -0.156. The minimum atomic E-state index is -3.76. The van der Waals surface area contributed by atoms with E-state index < -0.39 is 10.0 Å². The number of nitrogens with two attached hydrogens (primary N) is 1. The first-order valence-electron chi connectivity index (χ1n) is 12.5. The Morgan fingerprint density at radius 2 is 2.00 bits per heavy atom. The predicted molar refractivity (Wildman–Crippen MR) is 132 cm³/mol. The van der Waals surface area contributed by atoms with Crippen molar-refractivity contribution in [1.29, 1.82) is 0 Å². The number of primary sulfonamides is 1. The summed E-state index contributed by atoms with van der Waals surface area (Å²) in [6.45, 7) is 2.72. The summed E-state index contributed by atoms with van der Waals surface area (Å²) in [7, 11) is -3.76. The Morgan fingerprint density at radius 1 is 1.17 bits per heavy atom. The minimum Gasteiger partial charge on any atom is -0.508 e. The minimum absolute atomic E-state index is 0.00489. The Balaban J connectivity index is 1.18. The topological polar surface area (TPSA) is 119 Å². The van der Waals surface area contributed by atoms with Crippen molar-refractivity contribution >= 4 is 16.0 Å². The average molecular weight is 499 g/mol. The quantitative estimate of drug-likeness (QED) is 0.524. The van der Waals surface area contributed by atoms with Gasteiger partial charge in [-0.2, -0.15) is 0 Å². The van der Waals surface area contributed by atoms with Gasteiger partial charge >= 0.3 is 5.97 Å². The van der Waals surface area contributed by atoms with Crippen LogP contribution in [0.5, 0.6) is 5.75 Å². The van der Waals surface area contributed by atoms with Gasteiger partial charge < -0.3 is 15.2 Å². The van der Waals surface area contributed by atoms with Crippen molar-refractivity contribution < 1.29 is 23.1 Å². The van der Waals surface area contributed by atoms with Crippen molar-refractivity contribution in [3.8, 4) is 5.75 Å². The molecule has 2 aromatic rings. The number of sulfonamides is 1. The zero-order valence-electron chi connectivity index (χ0n) is 20.1.